The van der Waals surface area contributed by atoms with Crippen molar-refractivity contribution in [1.82, 2.24) is 0 Å². The molecular weight excluding hydrogens is 432 g/mol. The van der Waals surface area contributed by atoms with Crippen LogP contribution in [0.3, 0.4) is 0 Å². The van der Waals surface area contributed by atoms with Crippen LogP contribution in [0.4, 0.5) is 0 Å². The zero-order valence-corrected chi connectivity index (χ0v) is 20.0. The lowest BCUT2D eigenvalue weighted by atomic mass is 10.0. The molecule has 0 aliphatic rings. The third-order valence-corrected chi connectivity index (χ3v) is 6.64. The largest absolute Gasteiger partial charge is 0.0616 e. The van der Waals surface area contributed by atoms with Crippen LogP contribution in [-0.4, -0.2) is 0 Å². The highest BCUT2D eigenvalue weighted by molar-refractivity contribution is 5.87. The van der Waals surface area contributed by atoms with Crippen LogP contribution in [0.2, 0.25) is 0 Å². The van der Waals surface area contributed by atoms with Gasteiger partial charge in [0.15, 0.2) is 0 Å². The fourth-order valence-electron chi connectivity index (χ4n) is 4.58. The summed E-state index contributed by atoms with van der Waals surface area (Å²) in [6, 6.07) is 47.6. The predicted molar refractivity (Wildman–Crippen MR) is 158 cm³/mol. The Morgan fingerprint density at radius 1 is 0.278 bits per heavy atom. The average Bonchev–Trinajstić information content (AvgIpc) is 2.95. The van der Waals surface area contributed by atoms with Crippen molar-refractivity contribution in [1.29, 1.82) is 0 Å². The molecule has 0 bridgehead atoms. The molecule has 6 aromatic rings. The van der Waals surface area contributed by atoms with E-state index in [-0.39, 0.29) is 0 Å². The molecule has 6 aromatic carbocycles. The van der Waals surface area contributed by atoms with Crippen LogP contribution in [0.1, 0.15) is 22.3 Å². The Morgan fingerprint density at radius 2 is 0.611 bits per heavy atom. The van der Waals surface area contributed by atoms with E-state index in [1.165, 1.54) is 54.9 Å². The summed E-state index contributed by atoms with van der Waals surface area (Å²) in [7, 11) is 0. The van der Waals surface area contributed by atoms with E-state index >= 15 is 0 Å². The van der Waals surface area contributed by atoms with Gasteiger partial charge in [0, 0.05) is 0 Å². The molecule has 0 saturated heterocycles. The van der Waals surface area contributed by atoms with E-state index in [0.717, 1.165) is 0 Å². The van der Waals surface area contributed by atoms with Gasteiger partial charge < -0.3 is 0 Å². The lowest BCUT2D eigenvalue weighted by Crippen LogP contribution is -1.80. The highest BCUT2D eigenvalue weighted by Gasteiger charge is 1.99. The van der Waals surface area contributed by atoms with Gasteiger partial charge in [-0.3, -0.25) is 0 Å². The molecule has 0 aliphatic heterocycles. The zero-order chi connectivity index (χ0) is 24.2. The molecule has 0 fully saturated rings. The topological polar surface area (TPSA) is 0 Å². The first kappa shape index (κ1) is 21.8. The number of hydrogen-bond acceptors (Lipinski definition) is 0. The molecule has 6 rings (SSSR count). The highest BCUT2D eigenvalue weighted by Crippen LogP contribution is 2.23. The van der Waals surface area contributed by atoms with Crippen molar-refractivity contribution >= 4 is 45.8 Å². The third kappa shape index (κ3) is 4.89. The summed E-state index contributed by atoms with van der Waals surface area (Å²) in [5, 5.41) is 5.08. The van der Waals surface area contributed by atoms with E-state index in [2.05, 4.69) is 158 Å². The van der Waals surface area contributed by atoms with Crippen LogP contribution in [-0.2, 0) is 0 Å². The second-order valence-electron chi connectivity index (χ2n) is 9.12. The Morgan fingerprint density at radius 3 is 1.03 bits per heavy atom. The first-order valence-corrected chi connectivity index (χ1v) is 12.3. The molecule has 0 amide bonds. The number of fused-ring (bicyclic) bond motifs is 2. The van der Waals surface area contributed by atoms with Crippen molar-refractivity contribution in [3.8, 4) is 11.1 Å². The van der Waals surface area contributed by atoms with Gasteiger partial charge in [-0.15, -0.1) is 0 Å². The van der Waals surface area contributed by atoms with Crippen LogP contribution < -0.4 is 0 Å². The summed E-state index contributed by atoms with van der Waals surface area (Å²) in [5.74, 6) is 0. The lowest BCUT2D eigenvalue weighted by Gasteiger charge is -2.04. The van der Waals surface area contributed by atoms with E-state index in [4.69, 9.17) is 0 Å². The maximum Gasteiger partial charge on any atom is -0.0178 e. The Labute approximate surface area is 212 Å². The molecule has 0 radical (unpaired) electrons. The van der Waals surface area contributed by atoms with Gasteiger partial charge in [0.25, 0.3) is 0 Å². The molecule has 0 heteroatoms. The minimum absolute atomic E-state index is 1.20. The van der Waals surface area contributed by atoms with Gasteiger partial charge in [-0.05, 0) is 67.1 Å². The van der Waals surface area contributed by atoms with Crippen LogP contribution in [0.15, 0.2) is 133 Å². The van der Waals surface area contributed by atoms with E-state index in [9.17, 15) is 0 Å². The first-order chi connectivity index (χ1) is 17.8. The molecule has 36 heavy (non-hydrogen) atoms. The summed E-state index contributed by atoms with van der Waals surface area (Å²) >= 11 is 0. The van der Waals surface area contributed by atoms with Gasteiger partial charge in [0.05, 0.1) is 0 Å². The minimum atomic E-state index is 1.20. The predicted octanol–water partition coefficient (Wildman–Crippen LogP) is 10.0. The first-order valence-electron chi connectivity index (χ1n) is 12.3. The number of hydrogen-bond donors (Lipinski definition) is 0. The fourth-order valence-corrected chi connectivity index (χ4v) is 4.58. The minimum Gasteiger partial charge on any atom is -0.0616 e. The van der Waals surface area contributed by atoms with E-state index < -0.39 is 0 Å². The molecule has 0 nitrogen and oxygen atoms in total. The summed E-state index contributed by atoms with van der Waals surface area (Å²) in [5.41, 5.74) is 7.27. The molecule has 0 N–H and O–H groups in total. The summed E-state index contributed by atoms with van der Waals surface area (Å²) in [4.78, 5) is 0. The van der Waals surface area contributed by atoms with Crippen LogP contribution >= 0.6 is 0 Å². The molecule has 170 valence electrons. The molecule has 0 atom stereocenters. The molecular formula is C36H26. The van der Waals surface area contributed by atoms with Gasteiger partial charge in [-0.2, -0.15) is 0 Å². The molecule has 0 aliphatic carbocycles. The average molecular weight is 459 g/mol. The maximum absolute atomic E-state index is 2.23. The Hall–Kier alpha value is -4.68. The zero-order valence-electron chi connectivity index (χ0n) is 20.0. The highest BCUT2D eigenvalue weighted by atomic mass is 14.0. The van der Waals surface area contributed by atoms with Gasteiger partial charge in [-0.1, -0.05) is 146 Å². The van der Waals surface area contributed by atoms with Gasteiger partial charge in [-0.25, -0.2) is 0 Å². The molecule has 0 saturated carbocycles. The van der Waals surface area contributed by atoms with Crippen molar-refractivity contribution in [2.24, 2.45) is 0 Å². The van der Waals surface area contributed by atoms with Gasteiger partial charge in [0.1, 0.15) is 0 Å². The molecule has 0 heterocycles. The SMILES string of the molecule is C(=C\c1ccc2ccccc2c1)/c1ccc(-c2ccc(/C=C/c3ccc4ccccc4c3)cc2)cc1. The van der Waals surface area contributed by atoms with Crippen LogP contribution in [0.25, 0.3) is 57.0 Å². The van der Waals surface area contributed by atoms with Crippen LogP contribution in [0, 0.1) is 0 Å². The van der Waals surface area contributed by atoms with Crippen molar-refractivity contribution in [2.45, 2.75) is 0 Å². The van der Waals surface area contributed by atoms with Crippen molar-refractivity contribution in [3.63, 3.8) is 0 Å². The van der Waals surface area contributed by atoms with Crippen molar-refractivity contribution < 1.29 is 0 Å². The standard InChI is InChI=1S/C36H26/c1-3-7-35-25-29(17-23-31(35)5-1)11-9-27-13-19-33(20-14-27)34-21-15-28(16-22-34)10-12-30-18-24-32-6-2-4-8-36(32)26-30/h1-26H/b11-9+,12-10+. The smallest absolute Gasteiger partial charge is 0.0178 e. The summed E-state index contributed by atoms with van der Waals surface area (Å²) < 4.78 is 0. The van der Waals surface area contributed by atoms with Crippen molar-refractivity contribution in [2.75, 3.05) is 0 Å². The Kier molecular flexibility index (Phi) is 6.00. The second kappa shape index (κ2) is 9.90. The number of rotatable bonds is 5. The summed E-state index contributed by atoms with van der Waals surface area (Å²) in [6.45, 7) is 0. The number of benzene rings is 6. The summed E-state index contributed by atoms with van der Waals surface area (Å²) in [6.07, 6.45) is 8.71. The van der Waals surface area contributed by atoms with Gasteiger partial charge in [0.2, 0.25) is 0 Å². The van der Waals surface area contributed by atoms with E-state index in [1.54, 1.807) is 0 Å². The monoisotopic (exact) mass is 458 g/mol. The second-order valence-corrected chi connectivity index (χ2v) is 9.12. The maximum atomic E-state index is 2.23. The van der Waals surface area contributed by atoms with E-state index in [0.29, 0.717) is 0 Å². The molecule has 0 spiro atoms. The van der Waals surface area contributed by atoms with Crippen LogP contribution in [0.5, 0.6) is 0 Å². The quantitative estimate of drug-likeness (QED) is 0.225. The van der Waals surface area contributed by atoms with E-state index in [1.807, 2.05) is 0 Å². The lowest BCUT2D eigenvalue weighted by molar-refractivity contribution is 1.59. The Balaban J connectivity index is 1.14. The normalized spacial score (nSPS) is 11.7. The van der Waals surface area contributed by atoms with Gasteiger partial charge >= 0.3 is 0 Å². The fraction of sp³-hybridized carbons (Fsp3) is 0. The third-order valence-electron chi connectivity index (χ3n) is 6.64. The molecule has 0 aromatic heterocycles. The Bertz CT molecular complexity index is 1570. The van der Waals surface area contributed by atoms with Crippen molar-refractivity contribution in [3.05, 3.63) is 156 Å². The molecule has 0 unspecified atom stereocenters.